The SMILES string of the molecule is Cc1cc(NC(=O)Cc2csc(Nc3cccc(Cl)c3)n2)ccc1Br. The van der Waals surface area contributed by atoms with Crippen LogP contribution in [0.5, 0.6) is 0 Å². The Labute approximate surface area is 163 Å². The van der Waals surface area contributed by atoms with Crippen LogP contribution in [0.15, 0.2) is 52.3 Å². The van der Waals surface area contributed by atoms with E-state index in [9.17, 15) is 4.79 Å². The lowest BCUT2D eigenvalue weighted by Gasteiger charge is -2.06. The Hall–Kier alpha value is -1.89. The first-order valence-corrected chi connectivity index (χ1v) is 9.57. The fourth-order valence-corrected chi connectivity index (χ4v) is 3.39. The molecule has 0 unspecified atom stereocenters. The number of benzene rings is 2. The van der Waals surface area contributed by atoms with Gasteiger partial charge in [-0.25, -0.2) is 4.98 Å². The van der Waals surface area contributed by atoms with E-state index in [2.05, 4.69) is 31.5 Å². The second-order valence-corrected chi connectivity index (χ2v) is 7.62. The summed E-state index contributed by atoms with van der Waals surface area (Å²) in [4.78, 5) is 16.6. The summed E-state index contributed by atoms with van der Waals surface area (Å²) in [6, 6.07) is 13.1. The highest BCUT2D eigenvalue weighted by Gasteiger charge is 2.09. The monoisotopic (exact) mass is 435 g/mol. The summed E-state index contributed by atoms with van der Waals surface area (Å²) in [7, 11) is 0. The lowest BCUT2D eigenvalue weighted by molar-refractivity contribution is -0.115. The van der Waals surface area contributed by atoms with Gasteiger partial charge in [0.2, 0.25) is 5.91 Å². The van der Waals surface area contributed by atoms with Crippen LogP contribution in [0.4, 0.5) is 16.5 Å². The summed E-state index contributed by atoms with van der Waals surface area (Å²) in [5.74, 6) is -0.0960. The Balaban J connectivity index is 1.60. The van der Waals surface area contributed by atoms with Crippen molar-refractivity contribution in [1.82, 2.24) is 4.98 Å². The first-order chi connectivity index (χ1) is 12.0. The summed E-state index contributed by atoms with van der Waals surface area (Å²) >= 11 is 10.9. The van der Waals surface area contributed by atoms with Gasteiger partial charge in [-0.05, 0) is 48.9 Å². The third-order valence-electron chi connectivity index (χ3n) is 3.41. The minimum Gasteiger partial charge on any atom is -0.331 e. The third-order valence-corrected chi connectivity index (χ3v) is 5.34. The van der Waals surface area contributed by atoms with E-state index in [0.717, 1.165) is 32.2 Å². The lowest BCUT2D eigenvalue weighted by Crippen LogP contribution is -2.14. The average Bonchev–Trinajstić information content (AvgIpc) is 2.98. The van der Waals surface area contributed by atoms with Crippen LogP contribution in [-0.4, -0.2) is 10.9 Å². The van der Waals surface area contributed by atoms with Crippen molar-refractivity contribution in [1.29, 1.82) is 0 Å². The molecule has 0 atom stereocenters. The molecule has 7 heteroatoms. The summed E-state index contributed by atoms with van der Waals surface area (Å²) in [6.45, 7) is 1.98. The van der Waals surface area contributed by atoms with Crippen molar-refractivity contribution in [2.45, 2.75) is 13.3 Å². The molecular formula is C18H15BrClN3OS. The molecule has 1 aromatic heterocycles. The first kappa shape index (κ1) is 17.9. The largest absolute Gasteiger partial charge is 0.331 e. The van der Waals surface area contributed by atoms with E-state index in [1.807, 2.05) is 54.8 Å². The number of hydrogen-bond acceptors (Lipinski definition) is 4. The minimum absolute atomic E-state index is 0.0960. The lowest BCUT2D eigenvalue weighted by atomic mass is 10.2. The predicted molar refractivity (Wildman–Crippen MR) is 108 cm³/mol. The van der Waals surface area contributed by atoms with Gasteiger partial charge >= 0.3 is 0 Å². The normalized spacial score (nSPS) is 10.5. The number of nitrogens with one attached hydrogen (secondary N) is 2. The molecule has 2 N–H and O–H groups in total. The maximum Gasteiger partial charge on any atom is 0.230 e. The smallest absolute Gasteiger partial charge is 0.230 e. The van der Waals surface area contributed by atoms with Gasteiger partial charge in [0.25, 0.3) is 0 Å². The molecule has 0 spiro atoms. The van der Waals surface area contributed by atoms with Crippen molar-refractivity contribution < 1.29 is 4.79 Å². The van der Waals surface area contributed by atoms with Crippen LogP contribution in [-0.2, 0) is 11.2 Å². The van der Waals surface area contributed by atoms with E-state index >= 15 is 0 Å². The van der Waals surface area contributed by atoms with Gasteiger partial charge in [0.15, 0.2) is 5.13 Å². The zero-order valence-corrected chi connectivity index (χ0v) is 16.5. The van der Waals surface area contributed by atoms with Gasteiger partial charge in [-0.15, -0.1) is 11.3 Å². The summed E-state index contributed by atoms with van der Waals surface area (Å²) in [5.41, 5.74) is 3.43. The van der Waals surface area contributed by atoms with Crippen molar-refractivity contribution in [3.8, 4) is 0 Å². The molecule has 0 aliphatic heterocycles. The van der Waals surface area contributed by atoms with E-state index in [-0.39, 0.29) is 12.3 Å². The molecule has 0 saturated heterocycles. The molecule has 1 amide bonds. The molecule has 128 valence electrons. The standard InChI is InChI=1S/C18H15BrClN3OS/c1-11-7-14(5-6-16(11)19)21-17(24)9-15-10-25-18(23-15)22-13-4-2-3-12(20)8-13/h2-8,10H,9H2,1H3,(H,21,24)(H,22,23). The highest BCUT2D eigenvalue weighted by Crippen LogP contribution is 2.24. The Bertz CT molecular complexity index is 913. The molecule has 0 aliphatic carbocycles. The van der Waals surface area contributed by atoms with Gasteiger partial charge in [0.05, 0.1) is 12.1 Å². The number of halogens is 2. The minimum atomic E-state index is -0.0960. The van der Waals surface area contributed by atoms with E-state index < -0.39 is 0 Å². The molecule has 2 aromatic carbocycles. The number of amides is 1. The fraction of sp³-hybridized carbons (Fsp3) is 0.111. The summed E-state index contributed by atoms with van der Waals surface area (Å²) in [6.07, 6.45) is 0.225. The Morgan fingerprint density at radius 3 is 2.84 bits per heavy atom. The molecule has 0 aliphatic rings. The Morgan fingerprint density at radius 2 is 2.08 bits per heavy atom. The van der Waals surface area contributed by atoms with Crippen LogP contribution in [0.1, 0.15) is 11.3 Å². The molecule has 4 nitrogen and oxygen atoms in total. The molecule has 0 fully saturated rings. The summed E-state index contributed by atoms with van der Waals surface area (Å²) < 4.78 is 1.02. The molecule has 3 rings (SSSR count). The molecule has 25 heavy (non-hydrogen) atoms. The van der Waals surface area contributed by atoms with E-state index in [4.69, 9.17) is 11.6 Å². The van der Waals surface area contributed by atoms with Crippen molar-refractivity contribution in [2.24, 2.45) is 0 Å². The van der Waals surface area contributed by atoms with E-state index in [0.29, 0.717) is 5.02 Å². The Kier molecular flexibility index (Phi) is 5.73. The van der Waals surface area contributed by atoms with E-state index in [1.54, 1.807) is 0 Å². The number of aryl methyl sites for hydroxylation is 1. The molecule has 3 aromatic rings. The molecular weight excluding hydrogens is 422 g/mol. The number of hydrogen-bond donors (Lipinski definition) is 2. The van der Waals surface area contributed by atoms with Gasteiger partial charge in [-0.1, -0.05) is 33.6 Å². The number of rotatable bonds is 5. The van der Waals surface area contributed by atoms with Gasteiger partial charge in [0.1, 0.15) is 0 Å². The van der Waals surface area contributed by atoms with Gasteiger partial charge < -0.3 is 10.6 Å². The zero-order chi connectivity index (χ0) is 17.8. The van der Waals surface area contributed by atoms with Gasteiger partial charge in [-0.3, -0.25) is 4.79 Å². The topological polar surface area (TPSA) is 54.0 Å². The second-order valence-electron chi connectivity index (χ2n) is 5.47. The van der Waals surface area contributed by atoms with Crippen LogP contribution in [0, 0.1) is 6.92 Å². The van der Waals surface area contributed by atoms with Crippen molar-refractivity contribution >= 4 is 61.3 Å². The number of anilines is 3. The number of nitrogens with zero attached hydrogens (tertiary/aromatic N) is 1. The van der Waals surface area contributed by atoms with Crippen molar-refractivity contribution in [3.63, 3.8) is 0 Å². The quantitative estimate of drug-likeness (QED) is 0.532. The first-order valence-electron chi connectivity index (χ1n) is 7.52. The van der Waals surface area contributed by atoms with Crippen molar-refractivity contribution in [2.75, 3.05) is 10.6 Å². The fourth-order valence-electron chi connectivity index (χ4n) is 2.23. The summed E-state index contributed by atoms with van der Waals surface area (Å²) in [5, 5.41) is 9.34. The van der Waals surface area contributed by atoms with Crippen LogP contribution < -0.4 is 10.6 Å². The van der Waals surface area contributed by atoms with E-state index in [1.165, 1.54) is 11.3 Å². The maximum atomic E-state index is 12.2. The van der Waals surface area contributed by atoms with Crippen LogP contribution in [0.25, 0.3) is 0 Å². The van der Waals surface area contributed by atoms with Gasteiger partial charge in [0, 0.05) is 26.3 Å². The highest BCUT2D eigenvalue weighted by atomic mass is 79.9. The van der Waals surface area contributed by atoms with Crippen molar-refractivity contribution in [3.05, 3.63) is 68.6 Å². The average molecular weight is 437 g/mol. The van der Waals surface area contributed by atoms with Crippen LogP contribution >= 0.6 is 38.9 Å². The number of aromatic nitrogens is 1. The van der Waals surface area contributed by atoms with Crippen LogP contribution in [0.3, 0.4) is 0 Å². The zero-order valence-electron chi connectivity index (χ0n) is 13.3. The third kappa shape index (κ3) is 5.04. The highest BCUT2D eigenvalue weighted by molar-refractivity contribution is 9.10. The number of carbonyl (C=O) groups excluding carboxylic acids is 1. The molecule has 0 saturated carbocycles. The Morgan fingerprint density at radius 1 is 1.24 bits per heavy atom. The molecule has 0 bridgehead atoms. The predicted octanol–water partition coefficient (Wildman–Crippen LogP) is 5.79. The molecule has 1 heterocycles. The van der Waals surface area contributed by atoms with Gasteiger partial charge in [-0.2, -0.15) is 0 Å². The number of thiazole rings is 1. The molecule has 0 radical (unpaired) electrons. The number of carbonyl (C=O) groups is 1. The van der Waals surface area contributed by atoms with Crippen LogP contribution in [0.2, 0.25) is 5.02 Å². The maximum absolute atomic E-state index is 12.2. The second kappa shape index (κ2) is 7.99.